The maximum absolute atomic E-state index is 13.0. The molecule has 2 saturated heterocycles. The van der Waals surface area contributed by atoms with Gasteiger partial charge in [0, 0.05) is 43.7 Å². The number of amides is 2. The van der Waals surface area contributed by atoms with Gasteiger partial charge in [-0.05, 0) is 43.9 Å². The molecule has 2 aliphatic heterocycles. The molecule has 3 fully saturated rings. The molecule has 5 rings (SSSR count). The van der Waals surface area contributed by atoms with Crippen molar-refractivity contribution in [3.8, 4) is 0 Å². The van der Waals surface area contributed by atoms with E-state index in [1.165, 1.54) is 11.3 Å². The lowest BCUT2D eigenvalue weighted by molar-refractivity contribution is -0.127. The lowest BCUT2D eigenvalue weighted by Crippen LogP contribution is -2.38. The lowest BCUT2D eigenvalue weighted by Gasteiger charge is -2.32. The number of carbonyl (C=O) groups excluding carboxylic acids is 2. The Labute approximate surface area is 173 Å². The fourth-order valence-electron chi connectivity index (χ4n) is 4.55. The third kappa shape index (κ3) is 3.53. The Morgan fingerprint density at radius 2 is 2.21 bits per heavy atom. The zero-order chi connectivity index (χ0) is 20.0. The van der Waals surface area contributed by atoms with Crippen LogP contribution in [0.15, 0.2) is 18.2 Å². The molecule has 1 atom stereocenters. The summed E-state index contributed by atoms with van der Waals surface area (Å²) in [5, 5.41) is 3.50. The number of nitrogens with zero attached hydrogens (tertiary/aromatic N) is 2. The van der Waals surface area contributed by atoms with Gasteiger partial charge in [0.2, 0.25) is 5.91 Å². The van der Waals surface area contributed by atoms with Gasteiger partial charge in [-0.1, -0.05) is 11.3 Å². The van der Waals surface area contributed by atoms with Crippen molar-refractivity contribution in [1.29, 1.82) is 0 Å². The summed E-state index contributed by atoms with van der Waals surface area (Å²) in [6.45, 7) is 3.13. The third-order valence-corrected chi connectivity index (χ3v) is 7.51. The Morgan fingerprint density at radius 3 is 2.97 bits per heavy atom. The summed E-state index contributed by atoms with van der Waals surface area (Å²) in [7, 11) is 1.68. The lowest BCUT2D eigenvalue weighted by atomic mass is 9.82. The molecule has 3 heterocycles. The largest absolute Gasteiger partial charge is 0.381 e. The second-order valence-electron chi connectivity index (χ2n) is 8.50. The van der Waals surface area contributed by atoms with Crippen molar-refractivity contribution in [3.05, 3.63) is 23.8 Å². The van der Waals surface area contributed by atoms with Crippen LogP contribution >= 0.6 is 11.3 Å². The predicted octanol–water partition coefficient (Wildman–Crippen LogP) is 2.91. The number of carbonyl (C=O) groups is 2. The van der Waals surface area contributed by atoms with Crippen LogP contribution in [0.25, 0.3) is 10.2 Å². The van der Waals surface area contributed by atoms with Crippen LogP contribution in [0.2, 0.25) is 0 Å². The number of hydrogen-bond donors (Lipinski definition) is 1. The van der Waals surface area contributed by atoms with E-state index < -0.39 is 0 Å². The Hall–Kier alpha value is -2.03. The molecule has 1 N–H and O–H groups in total. The fourth-order valence-corrected chi connectivity index (χ4v) is 5.46. The Bertz CT molecular complexity index is 947. The van der Waals surface area contributed by atoms with Gasteiger partial charge in [0.05, 0.1) is 22.9 Å². The number of rotatable bonds is 4. The molecule has 1 spiro atoms. The van der Waals surface area contributed by atoms with Crippen LogP contribution in [0.1, 0.15) is 36.0 Å². The van der Waals surface area contributed by atoms with Crippen molar-refractivity contribution in [2.45, 2.75) is 31.8 Å². The predicted molar refractivity (Wildman–Crippen MR) is 110 cm³/mol. The summed E-state index contributed by atoms with van der Waals surface area (Å²) < 4.78 is 11.7. The van der Waals surface area contributed by atoms with E-state index in [1.807, 2.05) is 23.1 Å². The molecule has 3 aliphatic rings. The van der Waals surface area contributed by atoms with Crippen LogP contribution in [0.5, 0.6) is 0 Å². The number of likely N-dealkylation sites (tertiary alicyclic amines) is 1. The van der Waals surface area contributed by atoms with E-state index in [4.69, 9.17) is 9.47 Å². The standard InChI is InChI=1S/C21H25N3O4S/c1-27-15-8-14(9-15)18(25)23-20-22-16-3-2-13(10-17(16)29-20)19(26)24-6-4-21(11-24)5-7-28-12-21/h2-3,10,14-15H,4-9,11-12H2,1H3,(H,22,23,25). The summed E-state index contributed by atoms with van der Waals surface area (Å²) in [5.41, 5.74) is 1.63. The molecule has 2 aromatic rings. The molecule has 154 valence electrons. The van der Waals surface area contributed by atoms with E-state index in [1.54, 1.807) is 7.11 Å². The molecule has 0 bridgehead atoms. The van der Waals surface area contributed by atoms with E-state index in [2.05, 4.69) is 10.3 Å². The highest BCUT2D eigenvalue weighted by atomic mass is 32.1. The number of nitrogens with one attached hydrogen (secondary N) is 1. The molecule has 1 unspecified atom stereocenters. The minimum absolute atomic E-state index is 0.00481. The molecular weight excluding hydrogens is 390 g/mol. The van der Waals surface area contributed by atoms with Gasteiger partial charge in [0.1, 0.15) is 0 Å². The second kappa shape index (κ2) is 7.34. The first-order chi connectivity index (χ1) is 14.0. The van der Waals surface area contributed by atoms with Crippen molar-refractivity contribution in [2.75, 3.05) is 38.7 Å². The van der Waals surface area contributed by atoms with E-state index in [0.29, 0.717) is 10.7 Å². The van der Waals surface area contributed by atoms with Gasteiger partial charge in [-0.15, -0.1) is 0 Å². The molecule has 1 aromatic carbocycles. The van der Waals surface area contributed by atoms with Gasteiger partial charge in [0.15, 0.2) is 5.13 Å². The van der Waals surface area contributed by atoms with Gasteiger partial charge in [-0.2, -0.15) is 0 Å². The summed E-state index contributed by atoms with van der Waals surface area (Å²) in [6, 6.07) is 5.59. The first kappa shape index (κ1) is 19.0. The number of methoxy groups -OCH3 is 1. The van der Waals surface area contributed by atoms with Crippen molar-refractivity contribution < 1.29 is 19.1 Å². The maximum Gasteiger partial charge on any atom is 0.253 e. The van der Waals surface area contributed by atoms with Crippen LogP contribution in [0, 0.1) is 11.3 Å². The second-order valence-corrected chi connectivity index (χ2v) is 9.53. The highest BCUT2D eigenvalue weighted by Crippen LogP contribution is 2.39. The van der Waals surface area contributed by atoms with Crippen LogP contribution < -0.4 is 5.32 Å². The van der Waals surface area contributed by atoms with Crippen LogP contribution in [0.4, 0.5) is 5.13 Å². The van der Waals surface area contributed by atoms with E-state index >= 15 is 0 Å². The maximum atomic E-state index is 13.0. The topological polar surface area (TPSA) is 80.8 Å². The Morgan fingerprint density at radius 1 is 1.34 bits per heavy atom. The quantitative estimate of drug-likeness (QED) is 0.831. The van der Waals surface area contributed by atoms with E-state index in [0.717, 1.165) is 62.2 Å². The normalized spacial score (nSPS) is 28.8. The minimum Gasteiger partial charge on any atom is -0.381 e. The Kier molecular flexibility index (Phi) is 4.80. The molecule has 0 radical (unpaired) electrons. The summed E-state index contributed by atoms with van der Waals surface area (Å²) in [4.78, 5) is 31.8. The van der Waals surface area contributed by atoms with Crippen molar-refractivity contribution in [1.82, 2.24) is 9.88 Å². The van der Waals surface area contributed by atoms with Gasteiger partial charge in [0.25, 0.3) is 5.91 Å². The van der Waals surface area contributed by atoms with Crippen LogP contribution in [0.3, 0.4) is 0 Å². The number of ether oxygens (including phenoxy) is 2. The van der Waals surface area contributed by atoms with Gasteiger partial charge >= 0.3 is 0 Å². The van der Waals surface area contributed by atoms with Gasteiger partial charge in [-0.3, -0.25) is 9.59 Å². The molecule has 2 amide bonds. The SMILES string of the molecule is COC1CC(C(=O)Nc2nc3ccc(C(=O)N4CCC5(CCOC5)C4)cc3s2)C1. The monoisotopic (exact) mass is 415 g/mol. The van der Waals surface area contributed by atoms with Crippen molar-refractivity contribution >= 4 is 38.5 Å². The molecule has 7 nitrogen and oxygen atoms in total. The average molecular weight is 416 g/mol. The number of aromatic nitrogens is 1. The number of fused-ring (bicyclic) bond motifs is 1. The molecule has 1 saturated carbocycles. The average Bonchev–Trinajstić information content (AvgIpc) is 3.40. The fraction of sp³-hybridized carbons (Fsp3) is 0.571. The van der Waals surface area contributed by atoms with Crippen molar-refractivity contribution in [3.63, 3.8) is 0 Å². The zero-order valence-corrected chi connectivity index (χ0v) is 17.3. The summed E-state index contributed by atoms with van der Waals surface area (Å²) >= 11 is 1.41. The number of anilines is 1. The Balaban J connectivity index is 1.27. The van der Waals surface area contributed by atoms with Crippen LogP contribution in [-0.4, -0.2) is 61.2 Å². The summed E-state index contributed by atoms with van der Waals surface area (Å²) in [6.07, 6.45) is 3.76. The van der Waals surface area contributed by atoms with Crippen LogP contribution in [-0.2, 0) is 14.3 Å². The molecule has 8 heteroatoms. The van der Waals surface area contributed by atoms with E-state index in [9.17, 15) is 9.59 Å². The zero-order valence-electron chi connectivity index (χ0n) is 16.5. The summed E-state index contributed by atoms with van der Waals surface area (Å²) in [5.74, 6) is 0.0516. The van der Waals surface area contributed by atoms with Gasteiger partial charge in [-0.25, -0.2) is 4.98 Å². The molecule has 29 heavy (non-hydrogen) atoms. The smallest absolute Gasteiger partial charge is 0.253 e. The minimum atomic E-state index is -0.00819. The van der Waals surface area contributed by atoms with Gasteiger partial charge < -0.3 is 19.7 Å². The highest BCUT2D eigenvalue weighted by Gasteiger charge is 2.43. The first-order valence-electron chi connectivity index (χ1n) is 10.2. The van der Waals surface area contributed by atoms with Crippen molar-refractivity contribution in [2.24, 2.45) is 11.3 Å². The van der Waals surface area contributed by atoms with E-state index in [-0.39, 0.29) is 29.3 Å². The molecule has 1 aliphatic carbocycles. The molecule has 1 aromatic heterocycles. The third-order valence-electron chi connectivity index (χ3n) is 6.57. The molecular formula is C21H25N3O4S. The number of benzene rings is 1. The number of hydrogen-bond acceptors (Lipinski definition) is 6. The number of thiazole rings is 1. The first-order valence-corrected chi connectivity index (χ1v) is 11.0. The highest BCUT2D eigenvalue weighted by molar-refractivity contribution is 7.22.